The van der Waals surface area contributed by atoms with Crippen LogP contribution in [0.25, 0.3) is 0 Å². The Kier molecular flexibility index (Phi) is 21.9. The van der Waals surface area contributed by atoms with Crippen LogP contribution >= 0.6 is 0 Å². The van der Waals surface area contributed by atoms with Gasteiger partial charge in [-0.15, -0.1) is 0 Å². The molecule has 0 aromatic heterocycles. The summed E-state index contributed by atoms with van der Waals surface area (Å²) in [7, 11) is -2.05. The van der Waals surface area contributed by atoms with Gasteiger partial charge in [-0.25, -0.2) is 0 Å². The van der Waals surface area contributed by atoms with Gasteiger partial charge in [0.1, 0.15) is 0 Å². The van der Waals surface area contributed by atoms with Crippen LogP contribution in [0.2, 0.25) is 31.4 Å². The quantitative estimate of drug-likeness (QED) is 0.0615. The predicted octanol–water partition coefficient (Wildman–Crippen LogP) is 14.0. The van der Waals surface area contributed by atoms with Gasteiger partial charge in [-0.05, 0) is 0 Å². The van der Waals surface area contributed by atoms with Crippen molar-refractivity contribution < 1.29 is 13.7 Å². The molecule has 272 valence electrons. The van der Waals surface area contributed by atoms with Gasteiger partial charge < -0.3 is 0 Å². The maximum absolute atomic E-state index is 6.93. The van der Waals surface area contributed by atoms with Crippen LogP contribution in [-0.2, 0) is 13.7 Å². The summed E-state index contributed by atoms with van der Waals surface area (Å²) in [5.74, 6) is 2.55. The Balaban J connectivity index is 3.45. The van der Waals surface area contributed by atoms with Crippen molar-refractivity contribution >= 4 is 33.8 Å². The molecule has 1 rings (SSSR count). The molecule has 0 spiro atoms. The zero-order valence-corrected chi connectivity index (χ0v) is 37.5. The summed E-state index contributed by atoms with van der Waals surface area (Å²) in [5.41, 5.74) is -0.597. The van der Waals surface area contributed by atoms with Crippen LogP contribution in [0.5, 0.6) is 0 Å². The average Bonchev–Trinajstić information content (AvgIpc) is 3.17. The monoisotopic (exact) mass is 771 g/mol. The van der Waals surface area contributed by atoms with E-state index in [1.165, 1.54) is 129 Å². The van der Waals surface area contributed by atoms with Crippen molar-refractivity contribution in [2.24, 2.45) is 0 Å². The maximum atomic E-state index is 6.93. The van der Waals surface area contributed by atoms with Crippen molar-refractivity contribution in [2.75, 3.05) is 6.61 Å². The molecule has 0 N–H and O–H groups in total. The number of unbranched alkanes of at least 4 members (excludes halogenated alkanes) is 15. The van der Waals surface area contributed by atoms with E-state index in [1.54, 1.807) is 3.59 Å². The number of rotatable bonds is 27. The fourth-order valence-corrected chi connectivity index (χ4v) is 23.9. The van der Waals surface area contributed by atoms with Crippen LogP contribution in [0.15, 0.2) is 9.56 Å². The molecule has 46 heavy (non-hydrogen) atoms. The first-order chi connectivity index (χ1) is 21.6. The molecule has 0 atom stereocenters. The van der Waals surface area contributed by atoms with Gasteiger partial charge in [-0.2, -0.15) is 0 Å². The van der Waals surface area contributed by atoms with Crippen LogP contribution < -0.4 is 0 Å². The summed E-state index contributed by atoms with van der Waals surface area (Å²) < 4.78 is 26.7. The van der Waals surface area contributed by atoms with Crippen molar-refractivity contribution in [1.29, 1.82) is 0 Å². The van der Waals surface area contributed by atoms with Gasteiger partial charge >= 0.3 is 298 Å². The van der Waals surface area contributed by atoms with E-state index in [9.17, 15) is 0 Å². The molecule has 1 heterocycles. The van der Waals surface area contributed by atoms with E-state index >= 15 is 0 Å². The Labute approximate surface area is 296 Å². The third-order valence-electron chi connectivity index (χ3n) is 12.0. The summed E-state index contributed by atoms with van der Waals surface area (Å²) in [4.78, 5) is 0. The molecule has 0 aliphatic carbocycles. The van der Waals surface area contributed by atoms with Crippen LogP contribution in [-0.4, -0.2) is 51.6 Å². The predicted molar refractivity (Wildman–Crippen MR) is 212 cm³/mol. The van der Waals surface area contributed by atoms with Crippen molar-refractivity contribution in [1.82, 2.24) is 0 Å². The van der Waals surface area contributed by atoms with E-state index < -0.39 is 26.7 Å². The van der Waals surface area contributed by atoms with Gasteiger partial charge in [-0.3, -0.25) is 0 Å². The zero-order valence-electron chi connectivity index (χ0n) is 33.6. The Morgan fingerprint density at radius 3 is 1.33 bits per heavy atom. The van der Waals surface area contributed by atoms with Crippen molar-refractivity contribution in [3.05, 3.63) is 9.56 Å². The molecule has 0 bridgehead atoms. The fourth-order valence-electron chi connectivity index (χ4n) is 6.87. The van der Waals surface area contributed by atoms with E-state index in [-0.39, 0.29) is 23.4 Å². The third-order valence-corrected chi connectivity index (χ3v) is 32.8. The van der Waals surface area contributed by atoms with E-state index in [0.29, 0.717) is 0 Å². The van der Waals surface area contributed by atoms with Gasteiger partial charge in [0.2, 0.25) is 0 Å². The molecule has 0 radical (unpaired) electrons. The van der Waals surface area contributed by atoms with E-state index in [2.05, 4.69) is 88.3 Å². The first-order valence-corrected chi connectivity index (χ1v) is 30.7. The Morgan fingerprint density at radius 2 is 0.978 bits per heavy atom. The average molecular weight is 770 g/mol. The number of hydrogen-bond acceptors (Lipinski definition) is 3. The summed E-state index contributed by atoms with van der Waals surface area (Å²) >= 11 is -2.82. The fraction of sp³-hybridized carbons (Fsp3) is 0.950. The normalized spacial score (nSPS) is 17.3. The van der Waals surface area contributed by atoms with Gasteiger partial charge in [0.25, 0.3) is 0 Å². The van der Waals surface area contributed by atoms with Gasteiger partial charge in [0.05, 0.1) is 0 Å². The first-order valence-electron chi connectivity index (χ1n) is 20.3. The molecule has 0 unspecified atom stereocenters. The van der Waals surface area contributed by atoms with Crippen LogP contribution in [0.4, 0.5) is 0 Å². The van der Waals surface area contributed by atoms with E-state index in [1.807, 2.05) is 0 Å². The van der Waals surface area contributed by atoms with Crippen LogP contribution in [0, 0.1) is 0 Å². The topological polar surface area (TPSA) is 27.7 Å². The molecule has 0 amide bonds. The van der Waals surface area contributed by atoms with Crippen LogP contribution in [0.1, 0.15) is 191 Å². The van der Waals surface area contributed by atoms with Crippen molar-refractivity contribution in [3.63, 3.8) is 0 Å². The first kappa shape index (κ1) is 44.7. The molecule has 0 aromatic carbocycles. The van der Waals surface area contributed by atoms with Crippen molar-refractivity contribution in [3.8, 4) is 0 Å². The molecule has 1 aliphatic heterocycles. The van der Waals surface area contributed by atoms with Gasteiger partial charge in [0, 0.05) is 0 Å². The molecule has 0 aromatic rings. The molecule has 6 heteroatoms. The second-order valence-corrected chi connectivity index (χ2v) is 35.7. The summed E-state index contributed by atoms with van der Waals surface area (Å²) in [5, 5.41) is 0.235. The summed E-state index contributed by atoms with van der Waals surface area (Å²) in [6.07, 6.45) is 26.2. The second kappa shape index (κ2) is 22.5. The van der Waals surface area contributed by atoms with Crippen LogP contribution in [0.3, 0.4) is 0 Å². The molecule has 1 saturated heterocycles. The molecular weight excluding hydrogens is 686 g/mol. The second-order valence-electron chi connectivity index (χ2n) is 17.5. The third kappa shape index (κ3) is 16.2. The molecule has 3 nitrogen and oxygen atoms in total. The van der Waals surface area contributed by atoms with Crippen molar-refractivity contribution in [2.45, 2.75) is 234 Å². The zero-order chi connectivity index (χ0) is 34.7. The van der Waals surface area contributed by atoms with Gasteiger partial charge in [-0.1, -0.05) is 0 Å². The minimum absolute atomic E-state index is 0.234. The van der Waals surface area contributed by atoms with Gasteiger partial charge in [0.15, 0.2) is 0 Å². The van der Waals surface area contributed by atoms with E-state index in [0.717, 1.165) is 13.0 Å². The SMILES string of the molecule is CCCCCCC[CH2][Sn]([CH2]CCCCCCC)([CH2]CCCCCCC)/[C](=C/B1OC(C)(C)C(C)(C)O1)CCO[Si](C)(C)C(C)(C)C. The van der Waals surface area contributed by atoms with E-state index in [4.69, 9.17) is 13.7 Å². The summed E-state index contributed by atoms with van der Waals surface area (Å²) in [6, 6.07) is 0. The standard InChI is InChI=1S/C16H32BO3Si.3C8H17.Sn/c1-14(2,3)21(8,9)18-13-11-10-12-17-19-15(4,5)16(6,7)20-17;3*1-3-5-7-8-6-4-2;/h12H,11,13H2,1-9H3;3*1,3-8H2,2H3;. The molecule has 0 saturated carbocycles. The molecule has 1 aliphatic rings. The Hall–Kier alpha value is 0.701. The minimum atomic E-state index is -2.82. The Bertz CT molecular complexity index is 763. The molecule has 1 fully saturated rings. The molecular formula is C40H83BO3SiSn. The summed E-state index contributed by atoms with van der Waals surface area (Å²) in [6.45, 7) is 28.7. The number of hydrogen-bond donors (Lipinski definition) is 0. The Morgan fingerprint density at radius 1 is 0.630 bits per heavy atom.